The van der Waals surface area contributed by atoms with E-state index in [2.05, 4.69) is 5.10 Å². The molecule has 2 aromatic rings. The molecule has 0 radical (unpaired) electrons. The van der Waals surface area contributed by atoms with Gasteiger partial charge in [-0.25, -0.2) is 0 Å². The predicted molar refractivity (Wildman–Crippen MR) is 75.0 cm³/mol. The lowest BCUT2D eigenvalue weighted by Gasteiger charge is -2.12. The van der Waals surface area contributed by atoms with E-state index in [9.17, 15) is 13.2 Å². The summed E-state index contributed by atoms with van der Waals surface area (Å²) in [5, 5.41) is 6.06. The molecule has 0 saturated carbocycles. The molecule has 0 bridgehead atoms. The van der Waals surface area contributed by atoms with E-state index in [0.717, 1.165) is 15.8 Å². The highest BCUT2D eigenvalue weighted by atomic mass is 32.2. The molecule has 0 fully saturated rings. The molecule has 0 unspecified atom stereocenters. The topological polar surface area (TPSA) is 87.0 Å². The molecule has 1 aliphatic heterocycles. The molecule has 7 heteroatoms. The van der Waals surface area contributed by atoms with E-state index in [1.54, 1.807) is 12.1 Å². The number of anilines is 1. The van der Waals surface area contributed by atoms with E-state index in [-0.39, 0.29) is 0 Å². The lowest BCUT2D eigenvalue weighted by Crippen LogP contribution is -2.19. The first-order chi connectivity index (χ1) is 9.45. The van der Waals surface area contributed by atoms with E-state index in [1.807, 2.05) is 30.3 Å². The van der Waals surface area contributed by atoms with Crippen molar-refractivity contribution >= 4 is 37.5 Å². The minimum atomic E-state index is -4.43. The number of nitrogens with zero attached hydrogens (tertiary/aromatic N) is 2. The third kappa shape index (κ3) is 2.17. The van der Waals surface area contributed by atoms with Crippen LogP contribution in [0.25, 0.3) is 10.8 Å². The van der Waals surface area contributed by atoms with Gasteiger partial charge in [0, 0.05) is 0 Å². The van der Waals surface area contributed by atoms with Crippen LogP contribution in [-0.4, -0.2) is 23.9 Å². The van der Waals surface area contributed by atoms with Crippen LogP contribution in [0.15, 0.2) is 47.6 Å². The fraction of sp³-hybridized carbons (Fsp3) is 0.0769. The molecule has 1 heterocycles. The zero-order chi connectivity index (χ0) is 14.3. The first-order valence-corrected chi connectivity index (χ1v) is 7.26. The molecule has 0 aromatic heterocycles. The van der Waals surface area contributed by atoms with Crippen molar-refractivity contribution in [1.82, 2.24) is 0 Å². The molecule has 0 atom stereocenters. The van der Waals surface area contributed by atoms with Crippen LogP contribution >= 0.6 is 0 Å². The molecular formula is C13H10N2O4S. The summed E-state index contributed by atoms with van der Waals surface area (Å²) >= 11 is 0. The summed E-state index contributed by atoms with van der Waals surface area (Å²) in [6.45, 7) is 0. The van der Waals surface area contributed by atoms with Crippen LogP contribution in [0, 0.1) is 0 Å². The second-order valence-electron chi connectivity index (χ2n) is 4.38. The minimum absolute atomic E-state index is 0.425. The molecule has 2 aromatic carbocycles. The highest BCUT2D eigenvalue weighted by Gasteiger charge is 2.32. The fourth-order valence-corrected chi connectivity index (χ4v) is 2.55. The molecule has 1 N–H and O–H groups in total. The van der Waals surface area contributed by atoms with E-state index >= 15 is 0 Å². The molecule has 1 amide bonds. The lowest BCUT2D eigenvalue weighted by molar-refractivity contribution is -0.116. The Hall–Kier alpha value is -2.25. The quantitative estimate of drug-likeness (QED) is 0.811. The van der Waals surface area contributed by atoms with Gasteiger partial charge < -0.3 is 0 Å². The van der Waals surface area contributed by atoms with E-state index in [4.69, 9.17) is 4.55 Å². The molecule has 20 heavy (non-hydrogen) atoms. The predicted octanol–water partition coefficient (Wildman–Crippen LogP) is 1.78. The number of carbonyl (C=O) groups excluding carboxylic acids is 1. The minimum Gasteiger partial charge on any atom is -0.281 e. The monoisotopic (exact) mass is 290 g/mol. The van der Waals surface area contributed by atoms with E-state index in [1.165, 1.54) is 0 Å². The van der Waals surface area contributed by atoms with Crippen molar-refractivity contribution in [2.24, 2.45) is 5.10 Å². The summed E-state index contributed by atoms with van der Waals surface area (Å²) in [4.78, 5) is 11.8. The number of hydrogen-bond acceptors (Lipinski definition) is 4. The third-order valence-electron chi connectivity index (χ3n) is 3.03. The number of benzene rings is 2. The smallest absolute Gasteiger partial charge is 0.281 e. The zero-order valence-electron chi connectivity index (χ0n) is 10.2. The molecule has 1 aliphatic rings. The number of amides is 1. The summed E-state index contributed by atoms with van der Waals surface area (Å²) in [5.41, 5.74) is 0.465. The third-order valence-corrected chi connectivity index (χ3v) is 3.85. The molecule has 0 aliphatic carbocycles. The summed E-state index contributed by atoms with van der Waals surface area (Å²) in [6.07, 6.45) is -0.425. The summed E-state index contributed by atoms with van der Waals surface area (Å²) in [5.74, 6) is -0.493. The van der Waals surface area contributed by atoms with Crippen molar-refractivity contribution in [3.05, 3.63) is 42.5 Å². The van der Waals surface area contributed by atoms with Gasteiger partial charge in [0.25, 0.3) is 5.91 Å². The summed E-state index contributed by atoms with van der Waals surface area (Å²) in [6, 6.07) is 12.8. The van der Waals surface area contributed by atoms with Gasteiger partial charge >= 0.3 is 10.1 Å². The van der Waals surface area contributed by atoms with Gasteiger partial charge in [-0.1, -0.05) is 30.3 Å². The Labute approximate surface area is 115 Å². The molecule has 0 spiro atoms. The van der Waals surface area contributed by atoms with Crippen LogP contribution in [0.1, 0.15) is 6.42 Å². The molecule has 0 saturated heterocycles. The van der Waals surface area contributed by atoms with Crippen LogP contribution in [0.4, 0.5) is 5.69 Å². The Morgan fingerprint density at radius 2 is 1.80 bits per heavy atom. The maximum absolute atomic E-state index is 11.8. The van der Waals surface area contributed by atoms with Gasteiger partial charge in [-0.05, 0) is 22.9 Å². The number of hydrogen-bond donors (Lipinski definition) is 1. The molecule has 3 rings (SSSR count). The number of carbonyl (C=O) groups is 1. The molecule has 102 valence electrons. The van der Waals surface area contributed by atoms with E-state index in [0.29, 0.717) is 5.69 Å². The largest absolute Gasteiger partial charge is 0.310 e. The number of hydrazone groups is 1. The normalized spacial score (nSPS) is 15.8. The Morgan fingerprint density at radius 3 is 2.45 bits per heavy atom. The van der Waals surface area contributed by atoms with Gasteiger partial charge in [-0.15, -0.1) is 0 Å². The Morgan fingerprint density at radius 1 is 1.10 bits per heavy atom. The van der Waals surface area contributed by atoms with Gasteiger partial charge in [0.2, 0.25) is 0 Å². The van der Waals surface area contributed by atoms with Gasteiger partial charge in [0.1, 0.15) is 0 Å². The van der Waals surface area contributed by atoms with Crippen molar-refractivity contribution in [2.75, 3.05) is 5.01 Å². The maximum Gasteiger partial charge on any atom is 0.310 e. The fourth-order valence-electron chi connectivity index (χ4n) is 2.06. The number of fused-ring (bicyclic) bond motifs is 1. The van der Waals surface area contributed by atoms with Crippen LogP contribution in [0.2, 0.25) is 0 Å². The summed E-state index contributed by atoms with van der Waals surface area (Å²) in [7, 11) is -4.43. The zero-order valence-corrected chi connectivity index (χ0v) is 11.0. The van der Waals surface area contributed by atoms with Gasteiger partial charge in [0.15, 0.2) is 5.04 Å². The average molecular weight is 290 g/mol. The van der Waals surface area contributed by atoms with Crippen LogP contribution < -0.4 is 5.01 Å². The Balaban J connectivity index is 2.07. The van der Waals surface area contributed by atoms with Crippen LogP contribution in [-0.2, 0) is 14.9 Å². The van der Waals surface area contributed by atoms with Crippen LogP contribution in [0.3, 0.4) is 0 Å². The second kappa shape index (κ2) is 4.39. The molecule has 6 nitrogen and oxygen atoms in total. The van der Waals surface area contributed by atoms with Gasteiger partial charge in [0.05, 0.1) is 12.1 Å². The maximum atomic E-state index is 11.8. The Bertz CT molecular complexity index is 842. The lowest BCUT2D eigenvalue weighted by atomic mass is 10.1. The Kier molecular flexibility index (Phi) is 2.81. The second-order valence-corrected chi connectivity index (χ2v) is 5.80. The van der Waals surface area contributed by atoms with Crippen molar-refractivity contribution in [3.63, 3.8) is 0 Å². The SMILES string of the molecule is O=C1CC(S(=O)(=O)O)=NN1c1ccc2ccccc2c1. The van der Waals surface area contributed by atoms with Crippen molar-refractivity contribution in [2.45, 2.75) is 6.42 Å². The first kappa shape index (κ1) is 12.8. The standard InChI is InChI=1S/C13H10N2O4S/c16-13-8-12(20(17,18)19)14-15(13)11-6-5-9-3-1-2-4-10(9)7-11/h1-7H,8H2,(H,17,18,19). The van der Waals surface area contributed by atoms with E-state index < -0.39 is 27.5 Å². The van der Waals surface area contributed by atoms with Crippen molar-refractivity contribution in [1.29, 1.82) is 0 Å². The van der Waals surface area contributed by atoms with Crippen molar-refractivity contribution in [3.8, 4) is 0 Å². The summed E-state index contributed by atoms with van der Waals surface area (Å²) < 4.78 is 31.0. The number of rotatable bonds is 1. The average Bonchev–Trinajstić information content (AvgIpc) is 2.80. The highest BCUT2D eigenvalue weighted by molar-refractivity contribution is 8.01. The first-order valence-electron chi connectivity index (χ1n) is 5.82. The van der Waals surface area contributed by atoms with Gasteiger partial charge in [-0.2, -0.15) is 18.5 Å². The molecular weight excluding hydrogens is 280 g/mol. The van der Waals surface area contributed by atoms with Crippen molar-refractivity contribution < 1.29 is 17.8 Å². The highest BCUT2D eigenvalue weighted by Crippen LogP contribution is 2.26. The van der Waals surface area contributed by atoms with Crippen LogP contribution in [0.5, 0.6) is 0 Å². The van der Waals surface area contributed by atoms with Gasteiger partial charge in [-0.3, -0.25) is 9.35 Å².